The van der Waals surface area contributed by atoms with Crippen LogP contribution in [0.1, 0.15) is 5.56 Å². The van der Waals surface area contributed by atoms with Crippen LogP contribution in [0, 0.1) is 0 Å². The Morgan fingerprint density at radius 3 is 3.05 bits per heavy atom. The van der Waals surface area contributed by atoms with Crippen molar-refractivity contribution in [3.8, 4) is 0 Å². The Kier molecular flexibility index (Phi) is 4.11. The zero-order valence-corrected chi connectivity index (χ0v) is 12.8. The minimum absolute atomic E-state index is 0.0203. The number of carbonyl (C=O) groups is 2. The van der Waals surface area contributed by atoms with E-state index in [-0.39, 0.29) is 5.91 Å². The van der Waals surface area contributed by atoms with Gasteiger partial charge in [-0.3, -0.25) is 9.78 Å². The van der Waals surface area contributed by atoms with Gasteiger partial charge in [0.1, 0.15) is 0 Å². The molecule has 5 nitrogen and oxygen atoms in total. The summed E-state index contributed by atoms with van der Waals surface area (Å²) in [7, 11) is 1.32. The van der Waals surface area contributed by atoms with Gasteiger partial charge in [-0.2, -0.15) is 0 Å². The third-order valence-electron chi connectivity index (χ3n) is 3.40. The first-order valence-electron chi connectivity index (χ1n) is 6.74. The van der Waals surface area contributed by atoms with E-state index in [4.69, 9.17) is 0 Å². The van der Waals surface area contributed by atoms with Crippen molar-refractivity contribution < 1.29 is 14.3 Å². The fourth-order valence-corrected chi connectivity index (χ4v) is 3.25. The Balaban J connectivity index is 1.94. The van der Waals surface area contributed by atoms with Gasteiger partial charge in [0.25, 0.3) is 0 Å². The minimum atomic E-state index is -0.460. The molecule has 1 aliphatic rings. The van der Waals surface area contributed by atoms with Gasteiger partial charge in [0.15, 0.2) is 0 Å². The first kappa shape index (κ1) is 14.6. The number of carbonyl (C=O) groups excluding carboxylic acids is 2. The molecule has 2 heterocycles. The van der Waals surface area contributed by atoms with Crippen LogP contribution in [0.5, 0.6) is 0 Å². The van der Waals surface area contributed by atoms with Crippen molar-refractivity contribution in [2.24, 2.45) is 0 Å². The lowest BCUT2D eigenvalue weighted by atomic mass is 10.1. The average Bonchev–Trinajstić information content (AvgIpc) is 2.88. The average molecular weight is 314 g/mol. The largest absolute Gasteiger partial charge is 0.466 e. The summed E-state index contributed by atoms with van der Waals surface area (Å²) in [5.74, 6) is -0.146. The van der Waals surface area contributed by atoms with Crippen LogP contribution < -0.4 is 0 Å². The molecule has 1 aromatic heterocycles. The maximum Gasteiger partial charge on any atom is 0.333 e. The van der Waals surface area contributed by atoms with Crippen LogP contribution in [0.15, 0.2) is 47.6 Å². The summed E-state index contributed by atoms with van der Waals surface area (Å²) in [4.78, 5) is 29.5. The molecule has 1 aliphatic heterocycles. The minimum Gasteiger partial charge on any atom is -0.466 e. The molecule has 0 radical (unpaired) electrons. The quantitative estimate of drug-likeness (QED) is 0.643. The number of nitrogens with zero attached hydrogens (tertiary/aromatic N) is 2. The first-order valence-corrected chi connectivity index (χ1v) is 7.73. The second kappa shape index (κ2) is 6.19. The van der Waals surface area contributed by atoms with Gasteiger partial charge < -0.3 is 9.64 Å². The molecule has 22 heavy (non-hydrogen) atoms. The zero-order chi connectivity index (χ0) is 15.5. The number of hydrogen-bond acceptors (Lipinski definition) is 5. The third kappa shape index (κ3) is 2.82. The molecule has 0 N–H and O–H groups in total. The number of hydrogen-bond donors (Lipinski definition) is 0. The highest BCUT2D eigenvalue weighted by molar-refractivity contribution is 8.04. The summed E-state index contributed by atoms with van der Waals surface area (Å²) in [6.45, 7) is 0.392. The normalized spacial score (nSPS) is 16.5. The molecule has 3 rings (SSSR count). The maximum atomic E-state index is 12.1. The van der Waals surface area contributed by atoms with E-state index < -0.39 is 5.97 Å². The van der Waals surface area contributed by atoms with Crippen molar-refractivity contribution in [1.82, 2.24) is 9.88 Å². The van der Waals surface area contributed by atoms with Crippen LogP contribution >= 0.6 is 11.8 Å². The Labute approximate surface area is 132 Å². The molecule has 1 fully saturated rings. The van der Waals surface area contributed by atoms with E-state index in [2.05, 4.69) is 9.72 Å². The Morgan fingerprint density at radius 2 is 2.23 bits per heavy atom. The number of pyridine rings is 1. The molecular weight excluding hydrogens is 300 g/mol. The predicted molar refractivity (Wildman–Crippen MR) is 84.9 cm³/mol. The molecule has 1 amide bonds. The lowest BCUT2D eigenvalue weighted by Gasteiger charge is -2.17. The van der Waals surface area contributed by atoms with Crippen molar-refractivity contribution in [1.29, 1.82) is 0 Å². The summed E-state index contributed by atoms with van der Waals surface area (Å²) in [5, 5.41) is 1.64. The van der Waals surface area contributed by atoms with Crippen LogP contribution in [-0.4, -0.2) is 34.6 Å². The summed E-state index contributed by atoms with van der Waals surface area (Å²) < 4.78 is 4.64. The molecule has 0 saturated carbocycles. The van der Waals surface area contributed by atoms with Gasteiger partial charge in [-0.1, -0.05) is 36.0 Å². The highest BCUT2D eigenvalue weighted by Crippen LogP contribution is 2.31. The van der Waals surface area contributed by atoms with Gasteiger partial charge >= 0.3 is 5.97 Å². The summed E-state index contributed by atoms with van der Waals surface area (Å²) in [6, 6.07) is 9.73. The molecular formula is C16H14N2O3S. The number of rotatable bonds is 3. The topological polar surface area (TPSA) is 59.5 Å². The highest BCUT2D eigenvalue weighted by atomic mass is 32.2. The summed E-state index contributed by atoms with van der Waals surface area (Å²) in [5.41, 5.74) is 1.82. The van der Waals surface area contributed by atoms with E-state index in [9.17, 15) is 9.59 Å². The molecule has 1 aromatic carbocycles. The molecule has 112 valence electrons. The number of amides is 1. The van der Waals surface area contributed by atoms with Gasteiger partial charge in [0.05, 0.1) is 36.0 Å². The van der Waals surface area contributed by atoms with E-state index in [1.807, 2.05) is 30.3 Å². The van der Waals surface area contributed by atoms with Gasteiger partial charge in [-0.25, -0.2) is 4.79 Å². The van der Waals surface area contributed by atoms with E-state index in [0.717, 1.165) is 16.5 Å². The number of ether oxygens (including phenoxy) is 1. The maximum absolute atomic E-state index is 12.1. The summed E-state index contributed by atoms with van der Waals surface area (Å²) in [6.07, 6.45) is 3.09. The number of para-hydroxylation sites is 1. The van der Waals surface area contributed by atoms with Crippen molar-refractivity contribution in [3.05, 3.63) is 53.2 Å². The molecule has 0 bridgehead atoms. The van der Waals surface area contributed by atoms with Gasteiger partial charge in [0, 0.05) is 11.6 Å². The number of fused-ring (bicyclic) bond motifs is 1. The van der Waals surface area contributed by atoms with Crippen LogP contribution in [0.2, 0.25) is 0 Å². The Morgan fingerprint density at radius 1 is 1.41 bits per heavy atom. The number of esters is 1. The van der Waals surface area contributed by atoms with E-state index in [0.29, 0.717) is 17.3 Å². The van der Waals surface area contributed by atoms with Crippen molar-refractivity contribution in [2.45, 2.75) is 6.54 Å². The fourth-order valence-electron chi connectivity index (χ4n) is 2.33. The number of aromatic nitrogens is 1. The van der Waals surface area contributed by atoms with Crippen LogP contribution in [0.25, 0.3) is 10.9 Å². The predicted octanol–water partition coefficient (Wildman–Crippen LogP) is 2.32. The van der Waals surface area contributed by atoms with E-state index >= 15 is 0 Å². The smallest absolute Gasteiger partial charge is 0.333 e. The van der Waals surface area contributed by atoms with Crippen molar-refractivity contribution in [2.75, 3.05) is 12.9 Å². The van der Waals surface area contributed by atoms with Crippen molar-refractivity contribution >= 4 is 34.5 Å². The number of methoxy groups -OCH3 is 1. The molecule has 1 saturated heterocycles. The van der Waals surface area contributed by atoms with Crippen LogP contribution in [0.4, 0.5) is 0 Å². The molecule has 2 aromatic rings. The highest BCUT2D eigenvalue weighted by Gasteiger charge is 2.28. The van der Waals surface area contributed by atoms with Crippen LogP contribution in [-0.2, 0) is 20.9 Å². The second-order valence-corrected chi connectivity index (χ2v) is 5.76. The van der Waals surface area contributed by atoms with Crippen molar-refractivity contribution in [3.63, 3.8) is 0 Å². The Bertz CT molecular complexity index is 768. The van der Waals surface area contributed by atoms with Gasteiger partial charge in [-0.05, 0) is 11.6 Å². The number of benzene rings is 1. The lowest BCUT2D eigenvalue weighted by molar-refractivity contribution is -0.134. The summed E-state index contributed by atoms with van der Waals surface area (Å²) >= 11 is 1.34. The molecule has 6 heteroatoms. The standard InChI is InChI=1S/C16H14N2O3S/c1-21-15(20)8-14-18(13(19)10-22-14)9-12-5-2-4-11-6-3-7-17-16(11)12/h2-8H,9-10H2,1H3/b14-8+. The molecule has 0 atom stereocenters. The van der Waals surface area contributed by atoms with Gasteiger partial charge in [-0.15, -0.1) is 0 Å². The third-order valence-corrected chi connectivity index (χ3v) is 4.42. The second-order valence-electron chi connectivity index (χ2n) is 4.77. The zero-order valence-electron chi connectivity index (χ0n) is 12.0. The monoisotopic (exact) mass is 314 g/mol. The van der Waals surface area contributed by atoms with E-state index in [1.54, 1.807) is 11.1 Å². The van der Waals surface area contributed by atoms with Gasteiger partial charge in [0.2, 0.25) is 5.91 Å². The Hall–Kier alpha value is -2.34. The van der Waals surface area contributed by atoms with Crippen LogP contribution in [0.3, 0.4) is 0 Å². The first-order chi connectivity index (χ1) is 10.7. The molecule has 0 spiro atoms. The van der Waals surface area contributed by atoms with E-state index in [1.165, 1.54) is 24.9 Å². The molecule has 0 aliphatic carbocycles. The SMILES string of the molecule is COC(=O)/C=C1/SCC(=O)N1Cc1cccc2cccnc12. The lowest BCUT2D eigenvalue weighted by Crippen LogP contribution is -2.24. The molecule has 0 unspecified atom stereocenters. The fraction of sp³-hybridized carbons (Fsp3) is 0.188. The number of thioether (sulfide) groups is 1.